The molecule has 0 radical (unpaired) electrons. The molecule has 1 aromatic heterocycles. The number of aromatic nitrogens is 1. The fourth-order valence-electron chi connectivity index (χ4n) is 2.41. The summed E-state index contributed by atoms with van der Waals surface area (Å²) in [6.45, 7) is 1.77. The Kier molecular flexibility index (Phi) is 2.38. The van der Waals surface area contributed by atoms with Gasteiger partial charge in [0, 0.05) is 24.8 Å². The van der Waals surface area contributed by atoms with Crippen molar-refractivity contribution in [2.75, 3.05) is 20.3 Å². The van der Waals surface area contributed by atoms with Crippen LogP contribution in [0.3, 0.4) is 0 Å². The van der Waals surface area contributed by atoms with Crippen LogP contribution in [0.5, 0.6) is 0 Å². The first-order valence-corrected chi connectivity index (χ1v) is 5.55. The second kappa shape index (κ2) is 3.78. The average Bonchev–Trinajstić information content (AvgIpc) is 2.98. The average molecular weight is 235 g/mol. The highest BCUT2D eigenvalue weighted by Gasteiger charge is 2.44. The maximum Gasteiger partial charge on any atom is 0.356 e. The van der Waals surface area contributed by atoms with Crippen LogP contribution in [-0.4, -0.2) is 31.3 Å². The van der Waals surface area contributed by atoms with Crippen LogP contribution < -0.4 is 0 Å². The first kappa shape index (κ1) is 10.7. The van der Waals surface area contributed by atoms with E-state index in [2.05, 4.69) is 9.72 Å². The van der Waals surface area contributed by atoms with Crippen molar-refractivity contribution < 1.29 is 19.0 Å². The first-order chi connectivity index (χ1) is 8.25. The van der Waals surface area contributed by atoms with Crippen LogP contribution in [0, 0.1) is 0 Å². The molecule has 1 spiro atoms. The van der Waals surface area contributed by atoms with Gasteiger partial charge in [-0.3, -0.25) is 0 Å². The summed E-state index contributed by atoms with van der Waals surface area (Å²) in [6, 6.07) is 1.77. The molecule has 3 rings (SSSR count). The lowest BCUT2D eigenvalue weighted by molar-refractivity contribution is -0.0421. The van der Waals surface area contributed by atoms with E-state index < -0.39 is 5.97 Å². The molecular formula is C12H13NO4. The summed E-state index contributed by atoms with van der Waals surface area (Å²) in [5.74, 6) is -0.422. The second-order valence-electron chi connectivity index (χ2n) is 4.30. The predicted octanol–water partition coefficient (Wildman–Crippen LogP) is 1.01. The normalized spacial score (nSPS) is 26.2. The minimum Gasteiger partial charge on any atom is -0.464 e. The minimum absolute atomic E-state index is 0.322. The summed E-state index contributed by atoms with van der Waals surface area (Å²) in [5.41, 5.74) is 2.00. The van der Waals surface area contributed by atoms with Crippen molar-refractivity contribution in [1.29, 1.82) is 0 Å². The molecule has 5 heteroatoms. The number of esters is 1. The van der Waals surface area contributed by atoms with Crippen LogP contribution >= 0.6 is 0 Å². The summed E-state index contributed by atoms with van der Waals surface area (Å²) in [6.07, 6.45) is 2.51. The van der Waals surface area contributed by atoms with Crippen molar-refractivity contribution in [1.82, 2.24) is 4.98 Å². The Bertz CT molecular complexity index is 466. The molecule has 0 bridgehead atoms. The van der Waals surface area contributed by atoms with Crippen LogP contribution in [0.25, 0.3) is 0 Å². The lowest BCUT2D eigenvalue weighted by Gasteiger charge is -2.21. The molecule has 1 atom stereocenters. The van der Waals surface area contributed by atoms with E-state index in [1.807, 2.05) is 0 Å². The third-order valence-corrected chi connectivity index (χ3v) is 3.36. The number of pyridine rings is 1. The van der Waals surface area contributed by atoms with E-state index in [0.29, 0.717) is 25.5 Å². The molecule has 5 nitrogen and oxygen atoms in total. The van der Waals surface area contributed by atoms with Gasteiger partial charge in [-0.25, -0.2) is 9.78 Å². The molecule has 3 heterocycles. The number of fused-ring (bicyclic) bond motifs is 2. The molecule has 0 aliphatic carbocycles. The number of rotatable bonds is 1. The van der Waals surface area contributed by atoms with Crippen molar-refractivity contribution in [2.24, 2.45) is 0 Å². The number of carbonyl (C=O) groups excluding carboxylic acids is 1. The molecule has 17 heavy (non-hydrogen) atoms. The Morgan fingerprint density at radius 1 is 1.59 bits per heavy atom. The van der Waals surface area contributed by atoms with E-state index in [-0.39, 0.29) is 5.60 Å². The Hall–Kier alpha value is -1.46. The highest BCUT2D eigenvalue weighted by atomic mass is 16.6. The Balaban J connectivity index is 2.04. The third kappa shape index (κ3) is 1.54. The number of nitrogens with zero attached hydrogens (tertiary/aromatic N) is 1. The molecule has 0 saturated carbocycles. The first-order valence-electron chi connectivity index (χ1n) is 5.55. The SMILES string of the molecule is COC(=O)c1cc2c(cn1)COC21CCOC1. The molecule has 1 aromatic rings. The van der Waals surface area contributed by atoms with Crippen molar-refractivity contribution in [3.8, 4) is 0 Å². The largest absolute Gasteiger partial charge is 0.464 e. The van der Waals surface area contributed by atoms with Gasteiger partial charge in [-0.1, -0.05) is 0 Å². The Morgan fingerprint density at radius 3 is 3.18 bits per heavy atom. The monoisotopic (exact) mass is 235 g/mol. The minimum atomic E-state index is -0.422. The Labute approximate surface area is 98.7 Å². The molecule has 0 aromatic carbocycles. The summed E-state index contributed by atoms with van der Waals surface area (Å²) in [4.78, 5) is 15.5. The van der Waals surface area contributed by atoms with Gasteiger partial charge < -0.3 is 14.2 Å². The lowest BCUT2D eigenvalue weighted by atomic mass is 9.92. The van der Waals surface area contributed by atoms with Crippen LogP contribution in [0.15, 0.2) is 12.3 Å². The molecular weight excluding hydrogens is 222 g/mol. The smallest absolute Gasteiger partial charge is 0.356 e. The van der Waals surface area contributed by atoms with Crippen molar-refractivity contribution in [3.05, 3.63) is 29.1 Å². The number of hydrogen-bond acceptors (Lipinski definition) is 5. The fraction of sp³-hybridized carbons (Fsp3) is 0.500. The number of hydrogen-bond donors (Lipinski definition) is 0. The zero-order valence-electron chi connectivity index (χ0n) is 9.56. The van der Waals surface area contributed by atoms with Gasteiger partial charge in [0.1, 0.15) is 11.3 Å². The van der Waals surface area contributed by atoms with E-state index >= 15 is 0 Å². The maximum absolute atomic E-state index is 11.5. The standard InChI is InChI=1S/C12H13NO4/c1-15-11(14)10-4-9-8(5-13-10)6-17-12(9)2-3-16-7-12/h4-5H,2-3,6-7H2,1H3. The van der Waals surface area contributed by atoms with Crippen LogP contribution in [0.2, 0.25) is 0 Å². The molecule has 90 valence electrons. The molecule has 2 aliphatic rings. The molecule has 1 fully saturated rings. The van der Waals surface area contributed by atoms with Gasteiger partial charge in [0.15, 0.2) is 0 Å². The van der Waals surface area contributed by atoms with Crippen molar-refractivity contribution >= 4 is 5.97 Å². The van der Waals surface area contributed by atoms with Crippen molar-refractivity contribution in [3.63, 3.8) is 0 Å². The van der Waals surface area contributed by atoms with E-state index in [1.54, 1.807) is 12.3 Å². The van der Waals surface area contributed by atoms with Gasteiger partial charge in [-0.05, 0) is 11.6 Å². The van der Waals surface area contributed by atoms with Gasteiger partial charge >= 0.3 is 5.97 Å². The van der Waals surface area contributed by atoms with Gasteiger partial charge in [-0.2, -0.15) is 0 Å². The highest BCUT2D eigenvalue weighted by molar-refractivity contribution is 5.87. The Morgan fingerprint density at radius 2 is 2.47 bits per heavy atom. The summed E-state index contributed by atoms with van der Waals surface area (Å²) in [5, 5.41) is 0. The lowest BCUT2D eigenvalue weighted by Crippen LogP contribution is -2.25. The fourth-order valence-corrected chi connectivity index (χ4v) is 2.41. The molecule has 0 N–H and O–H groups in total. The number of ether oxygens (including phenoxy) is 3. The molecule has 0 amide bonds. The van der Waals surface area contributed by atoms with Gasteiger partial charge in [0.2, 0.25) is 0 Å². The number of carbonyl (C=O) groups is 1. The second-order valence-corrected chi connectivity index (χ2v) is 4.30. The van der Waals surface area contributed by atoms with Crippen LogP contribution in [0.4, 0.5) is 0 Å². The van der Waals surface area contributed by atoms with Crippen LogP contribution in [-0.2, 0) is 26.4 Å². The zero-order valence-corrected chi connectivity index (χ0v) is 9.56. The van der Waals surface area contributed by atoms with Crippen molar-refractivity contribution in [2.45, 2.75) is 18.6 Å². The maximum atomic E-state index is 11.5. The zero-order chi connectivity index (χ0) is 11.9. The van der Waals surface area contributed by atoms with E-state index in [9.17, 15) is 4.79 Å². The van der Waals surface area contributed by atoms with Crippen LogP contribution in [0.1, 0.15) is 28.0 Å². The molecule has 1 saturated heterocycles. The highest BCUT2D eigenvalue weighted by Crippen LogP contribution is 2.42. The number of methoxy groups -OCH3 is 1. The quantitative estimate of drug-likeness (QED) is 0.680. The molecule has 2 aliphatic heterocycles. The topological polar surface area (TPSA) is 57.7 Å². The van der Waals surface area contributed by atoms with Gasteiger partial charge in [0.05, 0.1) is 20.3 Å². The van der Waals surface area contributed by atoms with E-state index in [4.69, 9.17) is 9.47 Å². The third-order valence-electron chi connectivity index (χ3n) is 3.36. The van der Waals surface area contributed by atoms with E-state index in [1.165, 1.54) is 7.11 Å². The predicted molar refractivity (Wildman–Crippen MR) is 57.5 cm³/mol. The van der Waals surface area contributed by atoms with Gasteiger partial charge in [0.25, 0.3) is 0 Å². The summed E-state index contributed by atoms with van der Waals surface area (Å²) < 4.78 is 15.9. The molecule has 1 unspecified atom stereocenters. The van der Waals surface area contributed by atoms with Gasteiger partial charge in [-0.15, -0.1) is 0 Å². The van der Waals surface area contributed by atoms with E-state index in [0.717, 1.165) is 17.5 Å². The summed E-state index contributed by atoms with van der Waals surface area (Å²) >= 11 is 0. The summed E-state index contributed by atoms with van der Waals surface area (Å²) in [7, 11) is 1.35.